The number of hydrogen-bond acceptors (Lipinski definition) is 8. The fraction of sp³-hybridized carbons (Fsp3) is 0.381. The number of piperidine rings is 1. The zero-order chi connectivity index (χ0) is 21.7. The highest BCUT2D eigenvalue weighted by molar-refractivity contribution is 5.77. The number of nitrogens with two attached hydrogens (primary N) is 1. The Hall–Kier alpha value is -3.67. The number of nitrogens with zero attached hydrogens (tertiary/aromatic N) is 3. The van der Waals surface area contributed by atoms with Gasteiger partial charge in [-0.2, -0.15) is 10.2 Å². The number of benzene rings is 1. The van der Waals surface area contributed by atoms with Gasteiger partial charge >= 0.3 is 0 Å². The van der Waals surface area contributed by atoms with E-state index in [0.717, 1.165) is 5.56 Å². The molecule has 30 heavy (non-hydrogen) atoms. The summed E-state index contributed by atoms with van der Waals surface area (Å²) in [5.41, 5.74) is 6.37. The minimum Gasteiger partial charge on any atom is -0.493 e. The van der Waals surface area contributed by atoms with Gasteiger partial charge in [0.2, 0.25) is 29.1 Å². The predicted octanol–water partition coefficient (Wildman–Crippen LogP) is 2.44. The summed E-state index contributed by atoms with van der Waals surface area (Å²) in [6, 6.07) is 5.65. The number of amides is 1. The van der Waals surface area contributed by atoms with Crippen LogP contribution in [-0.4, -0.2) is 45.3 Å². The predicted molar refractivity (Wildman–Crippen MR) is 110 cm³/mol. The maximum Gasteiger partial charge on any atom is 0.235 e. The number of rotatable bonds is 7. The molecule has 2 aromatic rings. The van der Waals surface area contributed by atoms with Crippen molar-refractivity contribution < 1.29 is 23.4 Å². The monoisotopic (exact) mass is 412 g/mol. The Kier molecular flexibility index (Phi) is 6.47. The molecule has 9 heteroatoms. The van der Waals surface area contributed by atoms with Crippen LogP contribution in [0.15, 0.2) is 16.5 Å². The van der Waals surface area contributed by atoms with E-state index in [1.807, 2.05) is 4.90 Å². The van der Waals surface area contributed by atoms with Gasteiger partial charge in [0, 0.05) is 25.1 Å². The molecule has 0 bridgehead atoms. The van der Waals surface area contributed by atoms with E-state index in [9.17, 15) is 10.1 Å². The fourth-order valence-corrected chi connectivity index (χ4v) is 3.42. The number of ether oxygens (including phenoxy) is 3. The van der Waals surface area contributed by atoms with Crippen molar-refractivity contribution in [3.05, 3.63) is 29.3 Å². The minimum absolute atomic E-state index is 0.144. The first-order chi connectivity index (χ1) is 14.5. The minimum atomic E-state index is -0.290. The van der Waals surface area contributed by atoms with Crippen LogP contribution in [0.25, 0.3) is 12.2 Å². The quantitative estimate of drug-likeness (QED) is 0.735. The summed E-state index contributed by atoms with van der Waals surface area (Å²) >= 11 is 0. The molecule has 0 radical (unpaired) electrons. The van der Waals surface area contributed by atoms with Crippen LogP contribution in [0.1, 0.15) is 30.0 Å². The fourth-order valence-electron chi connectivity index (χ4n) is 3.42. The van der Waals surface area contributed by atoms with E-state index in [4.69, 9.17) is 24.4 Å². The summed E-state index contributed by atoms with van der Waals surface area (Å²) in [5.74, 6) is 1.83. The van der Waals surface area contributed by atoms with Gasteiger partial charge in [0.1, 0.15) is 6.07 Å². The molecule has 1 fully saturated rings. The Balaban J connectivity index is 1.82. The van der Waals surface area contributed by atoms with E-state index in [1.54, 1.807) is 45.6 Å². The van der Waals surface area contributed by atoms with Gasteiger partial charge in [-0.25, -0.2) is 0 Å². The van der Waals surface area contributed by atoms with Gasteiger partial charge in [-0.15, -0.1) is 0 Å². The lowest BCUT2D eigenvalue weighted by molar-refractivity contribution is -0.122. The Morgan fingerprint density at radius 3 is 2.33 bits per heavy atom. The summed E-state index contributed by atoms with van der Waals surface area (Å²) < 4.78 is 21.9. The van der Waals surface area contributed by atoms with Crippen molar-refractivity contribution in [1.82, 2.24) is 4.98 Å². The van der Waals surface area contributed by atoms with E-state index in [1.165, 1.54) is 0 Å². The van der Waals surface area contributed by atoms with Crippen molar-refractivity contribution in [3.8, 4) is 23.3 Å². The smallest absolute Gasteiger partial charge is 0.235 e. The Labute approximate surface area is 174 Å². The molecule has 2 N–H and O–H groups in total. The highest BCUT2D eigenvalue weighted by atomic mass is 16.5. The average Bonchev–Trinajstić information content (AvgIpc) is 3.20. The molecule has 0 atom stereocenters. The van der Waals surface area contributed by atoms with E-state index >= 15 is 0 Å². The normalized spacial score (nSPS) is 14.5. The van der Waals surface area contributed by atoms with Crippen molar-refractivity contribution in [1.29, 1.82) is 5.26 Å². The first kappa shape index (κ1) is 21.0. The first-order valence-electron chi connectivity index (χ1n) is 9.44. The molecule has 158 valence electrons. The molecule has 1 aliphatic rings. The zero-order valence-electron chi connectivity index (χ0n) is 17.2. The lowest BCUT2D eigenvalue weighted by Gasteiger charge is -2.30. The molecule has 1 saturated heterocycles. The Morgan fingerprint density at radius 1 is 1.20 bits per heavy atom. The maximum absolute atomic E-state index is 11.4. The van der Waals surface area contributed by atoms with Crippen LogP contribution < -0.4 is 24.8 Å². The Bertz CT molecular complexity index is 959. The highest BCUT2D eigenvalue weighted by Gasteiger charge is 2.27. The van der Waals surface area contributed by atoms with Crippen LogP contribution in [0, 0.1) is 17.2 Å². The van der Waals surface area contributed by atoms with Crippen LogP contribution in [0.2, 0.25) is 0 Å². The van der Waals surface area contributed by atoms with Crippen molar-refractivity contribution in [2.24, 2.45) is 11.7 Å². The number of carbonyl (C=O) groups is 1. The SMILES string of the molecule is COc1cc(C=Cc2nc(C#N)c(N3CCC(C(N)=O)CC3)o2)cc(OC)c1OC. The summed E-state index contributed by atoms with van der Waals surface area (Å²) in [5, 5.41) is 9.44. The molecule has 1 aliphatic heterocycles. The summed E-state index contributed by atoms with van der Waals surface area (Å²) in [6.07, 6.45) is 4.69. The summed E-state index contributed by atoms with van der Waals surface area (Å²) in [4.78, 5) is 17.5. The number of hydrogen-bond donors (Lipinski definition) is 1. The molecule has 2 heterocycles. The number of carbonyl (C=O) groups excluding carboxylic acids is 1. The molecule has 1 aromatic carbocycles. The van der Waals surface area contributed by atoms with E-state index in [2.05, 4.69) is 11.1 Å². The number of primary amides is 1. The molecule has 0 unspecified atom stereocenters. The molecule has 0 aliphatic carbocycles. The molecular formula is C21H24N4O5. The lowest BCUT2D eigenvalue weighted by Crippen LogP contribution is -2.38. The van der Waals surface area contributed by atoms with Crippen molar-refractivity contribution in [3.63, 3.8) is 0 Å². The molecule has 0 spiro atoms. The standard InChI is InChI=1S/C21H24N4O5/c1-27-16-10-13(11-17(28-2)19(16)29-3)4-5-18-24-15(12-22)21(30-18)25-8-6-14(7-9-25)20(23)26/h4-5,10-11,14H,6-9H2,1-3H3,(H2,23,26). The van der Waals surface area contributed by atoms with E-state index in [-0.39, 0.29) is 17.5 Å². The molecular weight excluding hydrogens is 388 g/mol. The molecule has 9 nitrogen and oxygen atoms in total. The van der Waals surface area contributed by atoms with Gasteiger partial charge in [-0.05, 0) is 36.6 Å². The van der Waals surface area contributed by atoms with Crippen LogP contribution >= 0.6 is 0 Å². The van der Waals surface area contributed by atoms with Gasteiger partial charge in [-0.1, -0.05) is 0 Å². The van der Waals surface area contributed by atoms with Crippen molar-refractivity contribution in [2.45, 2.75) is 12.8 Å². The van der Waals surface area contributed by atoms with Crippen LogP contribution in [0.4, 0.5) is 5.88 Å². The summed E-state index contributed by atoms with van der Waals surface area (Å²) in [7, 11) is 4.64. The third kappa shape index (κ3) is 4.33. The average molecular weight is 412 g/mol. The largest absolute Gasteiger partial charge is 0.493 e. The third-order valence-corrected chi connectivity index (χ3v) is 5.02. The molecule has 3 rings (SSSR count). The van der Waals surface area contributed by atoms with Gasteiger partial charge in [0.25, 0.3) is 0 Å². The van der Waals surface area contributed by atoms with Gasteiger partial charge in [0.05, 0.1) is 21.3 Å². The second-order valence-corrected chi connectivity index (χ2v) is 6.77. The third-order valence-electron chi connectivity index (χ3n) is 5.02. The topological polar surface area (TPSA) is 124 Å². The maximum atomic E-state index is 11.4. The number of oxazole rings is 1. The number of methoxy groups -OCH3 is 3. The number of aromatic nitrogens is 1. The molecule has 0 saturated carbocycles. The van der Waals surface area contributed by atoms with Crippen LogP contribution in [-0.2, 0) is 4.79 Å². The molecule has 1 amide bonds. The van der Waals surface area contributed by atoms with Crippen LogP contribution in [0.5, 0.6) is 17.2 Å². The number of nitriles is 1. The second kappa shape index (κ2) is 9.22. The summed E-state index contributed by atoms with van der Waals surface area (Å²) in [6.45, 7) is 1.15. The first-order valence-corrected chi connectivity index (χ1v) is 9.44. The van der Waals surface area contributed by atoms with Crippen LogP contribution in [0.3, 0.4) is 0 Å². The highest BCUT2D eigenvalue weighted by Crippen LogP contribution is 2.38. The van der Waals surface area contributed by atoms with Gasteiger partial charge in [0.15, 0.2) is 11.5 Å². The van der Waals surface area contributed by atoms with Gasteiger partial charge in [-0.3, -0.25) is 4.79 Å². The Morgan fingerprint density at radius 2 is 1.83 bits per heavy atom. The van der Waals surface area contributed by atoms with E-state index < -0.39 is 0 Å². The lowest BCUT2D eigenvalue weighted by atomic mass is 9.96. The van der Waals surface area contributed by atoms with Crippen molar-refractivity contribution in [2.75, 3.05) is 39.3 Å². The van der Waals surface area contributed by atoms with Crippen molar-refractivity contribution >= 4 is 23.9 Å². The second-order valence-electron chi connectivity index (χ2n) is 6.77. The molecule has 1 aromatic heterocycles. The van der Waals surface area contributed by atoms with E-state index in [0.29, 0.717) is 55.0 Å². The number of anilines is 1. The zero-order valence-corrected chi connectivity index (χ0v) is 17.2. The van der Waals surface area contributed by atoms with Gasteiger partial charge < -0.3 is 29.3 Å².